The van der Waals surface area contributed by atoms with E-state index in [2.05, 4.69) is 20.4 Å². The lowest BCUT2D eigenvalue weighted by Crippen LogP contribution is -2.48. The van der Waals surface area contributed by atoms with Gasteiger partial charge in [0.2, 0.25) is 0 Å². The van der Waals surface area contributed by atoms with Gasteiger partial charge in [0, 0.05) is 37.0 Å². The van der Waals surface area contributed by atoms with E-state index in [1.54, 1.807) is 11.1 Å². The highest BCUT2D eigenvalue weighted by molar-refractivity contribution is 7.89. The van der Waals surface area contributed by atoms with Crippen LogP contribution in [-0.2, 0) is 37.2 Å². The molecule has 1 aromatic heterocycles. The van der Waals surface area contributed by atoms with Gasteiger partial charge in [0.15, 0.2) is 11.9 Å². The smallest absolute Gasteiger partial charge is 0.407 e. The minimum absolute atomic E-state index is 0.0620. The number of carbonyl (C=O) groups excluding carboxylic acids is 1. The summed E-state index contributed by atoms with van der Waals surface area (Å²) in [4.78, 5) is 20.7. The maximum absolute atomic E-state index is 13.8. The lowest BCUT2D eigenvalue weighted by Gasteiger charge is -2.36. The number of nitrogens with zero attached hydrogens (tertiary/aromatic N) is 2. The third-order valence-corrected chi connectivity index (χ3v) is 10.7. The van der Waals surface area contributed by atoms with E-state index in [1.165, 1.54) is 12.1 Å². The molecule has 0 radical (unpaired) electrons. The molecule has 3 bridgehead atoms. The second-order valence-electron chi connectivity index (χ2n) is 13.5. The van der Waals surface area contributed by atoms with E-state index < -0.39 is 16.1 Å². The Morgan fingerprint density at radius 1 is 1.00 bits per heavy atom. The van der Waals surface area contributed by atoms with E-state index in [9.17, 15) is 13.2 Å². The fourth-order valence-corrected chi connectivity index (χ4v) is 8.16. The monoisotopic (exact) mass is 689 g/mol. The molecule has 1 aliphatic carbocycles. The van der Waals surface area contributed by atoms with Gasteiger partial charge in [-0.3, -0.25) is 0 Å². The Kier molecular flexibility index (Phi) is 9.88. The van der Waals surface area contributed by atoms with E-state index in [1.807, 2.05) is 74.5 Å². The molecule has 3 fully saturated rings. The number of hydrogen-bond acceptors (Lipinski definition) is 10. The number of ether oxygens (including phenoxy) is 3. The van der Waals surface area contributed by atoms with Gasteiger partial charge in [-0.2, -0.15) is 4.98 Å². The summed E-state index contributed by atoms with van der Waals surface area (Å²) in [5, 5.41) is 7.86. The van der Waals surface area contributed by atoms with Crippen LogP contribution in [0.15, 0.2) is 88.2 Å². The van der Waals surface area contributed by atoms with E-state index in [0.717, 1.165) is 24.0 Å². The predicted octanol–water partition coefficient (Wildman–Crippen LogP) is 5.22. The van der Waals surface area contributed by atoms with Crippen molar-refractivity contribution in [1.82, 2.24) is 20.1 Å². The first-order valence-electron chi connectivity index (χ1n) is 16.9. The summed E-state index contributed by atoms with van der Waals surface area (Å²) in [5.41, 5.74) is 2.89. The SMILES string of the molecule is CC(C)Nc1nc2cc(S(=O)(=O)NN(CC[C@H](Cc3ccccc3)NC(=O)OC3C4CC5C[C@@H]3COC5O4)Cc3ccccc3)ccc2o1. The summed E-state index contributed by atoms with van der Waals surface area (Å²) < 4.78 is 51.2. The van der Waals surface area contributed by atoms with Gasteiger partial charge in [-0.05, 0) is 68.9 Å². The maximum atomic E-state index is 13.8. The Hall–Kier alpha value is -4.01. The van der Waals surface area contributed by atoms with Crippen molar-refractivity contribution in [3.63, 3.8) is 0 Å². The Morgan fingerprint density at radius 3 is 2.51 bits per heavy atom. The number of sulfonamides is 1. The summed E-state index contributed by atoms with van der Waals surface area (Å²) in [5.74, 6) is 0.486. The normalized spacial score (nSPS) is 23.6. The lowest BCUT2D eigenvalue weighted by molar-refractivity contribution is -0.153. The van der Waals surface area contributed by atoms with E-state index in [0.29, 0.717) is 55.6 Å². The van der Waals surface area contributed by atoms with Gasteiger partial charge in [-0.1, -0.05) is 60.7 Å². The highest BCUT2D eigenvalue weighted by Gasteiger charge is 2.53. The number of oxazole rings is 1. The zero-order chi connectivity index (χ0) is 34.0. The molecule has 3 aliphatic rings. The van der Waals surface area contributed by atoms with Gasteiger partial charge >= 0.3 is 6.09 Å². The molecule has 3 aromatic carbocycles. The fourth-order valence-electron chi connectivity index (χ4n) is 7.05. The first-order valence-corrected chi connectivity index (χ1v) is 18.4. The maximum Gasteiger partial charge on any atom is 0.407 e. The second kappa shape index (κ2) is 14.5. The lowest BCUT2D eigenvalue weighted by atomic mass is 9.78. The number of alkyl carbamates (subject to hydrolysis) is 1. The van der Waals surface area contributed by atoms with E-state index >= 15 is 0 Å². The predicted molar refractivity (Wildman–Crippen MR) is 183 cm³/mol. The van der Waals surface area contributed by atoms with Crippen molar-refractivity contribution in [2.24, 2.45) is 11.8 Å². The van der Waals surface area contributed by atoms with Crippen LogP contribution in [0.4, 0.5) is 10.8 Å². The van der Waals surface area contributed by atoms with Gasteiger partial charge in [-0.25, -0.2) is 18.2 Å². The average molecular weight is 690 g/mol. The molecular formula is C36H43N5O7S. The highest BCUT2D eigenvalue weighted by atomic mass is 32.2. The van der Waals surface area contributed by atoms with Crippen LogP contribution in [0.3, 0.4) is 0 Å². The summed E-state index contributed by atoms with van der Waals surface area (Å²) in [6.07, 6.45) is 1.53. The second-order valence-corrected chi connectivity index (χ2v) is 15.2. The molecule has 1 saturated carbocycles. The first kappa shape index (κ1) is 33.5. The molecule has 12 nitrogen and oxygen atoms in total. The molecule has 13 heteroatoms. The van der Waals surface area contributed by atoms with Gasteiger partial charge in [0.05, 0.1) is 17.6 Å². The van der Waals surface area contributed by atoms with E-state index in [-0.39, 0.29) is 41.4 Å². The van der Waals surface area contributed by atoms with Crippen LogP contribution in [-0.4, -0.2) is 68.2 Å². The standard InChI is InChI=1S/C36H43N5O7S/c1-23(2)37-35-39-30-20-29(13-14-31(30)47-35)49(43,44)40-41(21-25-11-7-4-8-12-25)16-15-28(17-24-9-5-3-6-10-24)38-36(42)48-33-27-18-26-19-32(33)46-34(26)45-22-27/h3-14,20,23,26-28,32-34,40H,15-19,21-22H2,1-2H3,(H,37,39)(H,38,42)/t26?,27-,28-,32?,33?,34?/m1/s1. The number of rotatable bonds is 14. The number of fused-ring (bicyclic) bond motifs is 3. The molecule has 1 amide bonds. The van der Waals surface area contributed by atoms with Crippen LogP contribution in [0, 0.1) is 11.8 Å². The van der Waals surface area contributed by atoms with Crippen molar-refractivity contribution in [3.05, 3.63) is 90.0 Å². The summed E-state index contributed by atoms with van der Waals surface area (Å²) in [6.45, 7) is 5.06. The molecule has 6 atom stereocenters. The minimum Gasteiger partial charge on any atom is -0.443 e. The summed E-state index contributed by atoms with van der Waals surface area (Å²) in [6, 6.07) is 24.2. The third kappa shape index (κ3) is 8.08. The minimum atomic E-state index is -4.01. The molecule has 3 N–H and O–H groups in total. The number of anilines is 1. The summed E-state index contributed by atoms with van der Waals surface area (Å²) >= 11 is 0. The molecule has 7 rings (SSSR count). The Bertz CT molecular complexity index is 1830. The van der Waals surface area contributed by atoms with Crippen molar-refractivity contribution in [1.29, 1.82) is 0 Å². The zero-order valence-electron chi connectivity index (χ0n) is 27.7. The Morgan fingerprint density at radius 2 is 1.76 bits per heavy atom. The van der Waals surface area contributed by atoms with Crippen molar-refractivity contribution < 1.29 is 31.8 Å². The number of nitrogens with one attached hydrogen (secondary N) is 3. The topological polar surface area (TPSA) is 144 Å². The zero-order valence-corrected chi connectivity index (χ0v) is 28.5. The number of benzene rings is 3. The highest BCUT2D eigenvalue weighted by Crippen LogP contribution is 2.46. The van der Waals surface area contributed by atoms with Crippen LogP contribution in [0.1, 0.15) is 44.2 Å². The van der Waals surface area contributed by atoms with Crippen LogP contribution in [0.5, 0.6) is 0 Å². The van der Waals surface area contributed by atoms with Crippen LogP contribution in [0.25, 0.3) is 11.1 Å². The molecule has 2 saturated heterocycles. The van der Waals surface area contributed by atoms with E-state index in [4.69, 9.17) is 18.6 Å². The largest absolute Gasteiger partial charge is 0.443 e. The number of amides is 1. The number of hydrogen-bond donors (Lipinski definition) is 3. The van der Waals surface area contributed by atoms with Crippen LogP contribution < -0.4 is 15.5 Å². The van der Waals surface area contributed by atoms with Gasteiger partial charge in [0.1, 0.15) is 11.6 Å². The van der Waals surface area contributed by atoms with Crippen LogP contribution >= 0.6 is 0 Å². The summed E-state index contributed by atoms with van der Waals surface area (Å²) in [7, 11) is -4.01. The van der Waals surface area contributed by atoms with Gasteiger partial charge < -0.3 is 29.3 Å². The van der Waals surface area contributed by atoms with Crippen LogP contribution in [0.2, 0.25) is 0 Å². The van der Waals surface area contributed by atoms with Gasteiger partial charge in [-0.15, -0.1) is 4.83 Å². The van der Waals surface area contributed by atoms with Gasteiger partial charge in [0.25, 0.3) is 16.0 Å². The quantitative estimate of drug-likeness (QED) is 0.151. The van der Waals surface area contributed by atoms with Crippen molar-refractivity contribution >= 4 is 33.2 Å². The van der Waals surface area contributed by atoms with Crippen molar-refractivity contribution in [2.75, 3.05) is 18.5 Å². The average Bonchev–Trinajstić information content (AvgIpc) is 3.61. The number of carbonyl (C=O) groups is 1. The molecule has 260 valence electrons. The number of hydrazine groups is 1. The first-order chi connectivity index (χ1) is 23.7. The molecular weight excluding hydrogens is 646 g/mol. The fraction of sp³-hybridized carbons (Fsp3) is 0.444. The van der Waals surface area contributed by atoms with Crippen molar-refractivity contribution in [3.8, 4) is 0 Å². The van der Waals surface area contributed by atoms with Crippen molar-refractivity contribution in [2.45, 2.75) is 81.6 Å². The molecule has 49 heavy (non-hydrogen) atoms. The third-order valence-electron chi connectivity index (χ3n) is 9.32. The molecule has 4 unspecified atom stereocenters. The molecule has 0 spiro atoms. The number of aromatic nitrogens is 1. The molecule has 2 aliphatic heterocycles. The molecule has 4 aromatic rings. The molecule has 3 heterocycles. The Balaban J connectivity index is 1.07. The Labute approximate surface area is 286 Å².